The van der Waals surface area contributed by atoms with E-state index in [-0.39, 0.29) is 12.5 Å². The monoisotopic (exact) mass is 756 g/mol. The maximum absolute atomic E-state index is 12.3. The molecule has 0 saturated heterocycles. The summed E-state index contributed by atoms with van der Waals surface area (Å²) in [5.41, 5.74) is 0. The highest BCUT2D eigenvalue weighted by molar-refractivity contribution is 5.76. The van der Waals surface area contributed by atoms with Crippen molar-refractivity contribution in [2.75, 3.05) is 6.61 Å². The second-order valence-corrected chi connectivity index (χ2v) is 16.2. The molecule has 2 unspecified atom stereocenters. The molecule has 0 aliphatic carbocycles. The molecular weight excluding hydrogens is 663 g/mol. The number of hydrogen-bond donors (Lipinski definition) is 3. The molecule has 4 nitrogen and oxygen atoms in total. The van der Waals surface area contributed by atoms with Gasteiger partial charge in [0.25, 0.3) is 0 Å². The Labute approximate surface area is 337 Å². The molecule has 0 radical (unpaired) electrons. The lowest BCUT2D eigenvalue weighted by atomic mass is 10.0. The van der Waals surface area contributed by atoms with Gasteiger partial charge in [-0.15, -0.1) is 0 Å². The summed E-state index contributed by atoms with van der Waals surface area (Å²) in [5, 5.41) is 23.0. The van der Waals surface area contributed by atoms with Crippen molar-refractivity contribution in [3.63, 3.8) is 0 Å². The molecule has 54 heavy (non-hydrogen) atoms. The van der Waals surface area contributed by atoms with E-state index in [0.29, 0.717) is 6.42 Å². The molecule has 0 aliphatic rings. The molecular formula is C50H93NO3. The maximum Gasteiger partial charge on any atom is 0.220 e. The minimum Gasteiger partial charge on any atom is -0.394 e. The van der Waals surface area contributed by atoms with Crippen molar-refractivity contribution in [3.8, 4) is 0 Å². The van der Waals surface area contributed by atoms with Gasteiger partial charge in [-0.25, -0.2) is 0 Å². The topological polar surface area (TPSA) is 69.6 Å². The average Bonchev–Trinajstić information content (AvgIpc) is 3.18. The molecule has 1 amide bonds. The highest BCUT2D eigenvalue weighted by Crippen LogP contribution is 2.16. The summed E-state index contributed by atoms with van der Waals surface area (Å²) in [6, 6.07) is -0.647. The fourth-order valence-corrected chi connectivity index (χ4v) is 7.12. The molecule has 0 aromatic carbocycles. The summed E-state index contributed by atoms with van der Waals surface area (Å²) in [7, 11) is 0. The third-order valence-corrected chi connectivity index (χ3v) is 10.8. The first-order valence-corrected chi connectivity index (χ1v) is 23.9. The predicted molar refractivity (Wildman–Crippen MR) is 239 cm³/mol. The first-order chi connectivity index (χ1) is 26.7. The lowest BCUT2D eigenvalue weighted by Crippen LogP contribution is -2.45. The Morgan fingerprint density at radius 3 is 1.26 bits per heavy atom. The number of allylic oxidation sites excluding steroid dienone is 7. The van der Waals surface area contributed by atoms with Crippen molar-refractivity contribution >= 4 is 5.91 Å². The van der Waals surface area contributed by atoms with Gasteiger partial charge in [-0.2, -0.15) is 0 Å². The van der Waals surface area contributed by atoms with Crippen LogP contribution in [0.3, 0.4) is 0 Å². The summed E-state index contributed by atoms with van der Waals surface area (Å²) in [6.07, 6.45) is 62.5. The molecule has 0 saturated carbocycles. The van der Waals surface area contributed by atoms with Crippen molar-refractivity contribution in [3.05, 3.63) is 48.6 Å². The fraction of sp³-hybridized carbons (Fsp3) is 0.820. The molecule has 0 rings (SSSR count). The molecule has 3 N–H and O–H groups in total. The van der Waals surface area contributed by atoms with Gasteiger partial charge in [-0.1, -0.05) is 229 Å². The molecule has 0 aromatic heterocycles. The minimum absolute atomic E-state index is 0.0888. The largest absolute Gasteiger partial charge is 0.394 e. The summed E-state index contributed by atoms with van der Waals surface area (Å²) < 4.78 is 0. The number of nitrogens with one attached hydrogen (secondary N) is 1. The summed E-state index contributed by atoms with van der Waals surface area (Å²) in [5.74, 6) is -0.0888. The molecule has 316 valence electrons. The van der Waals surface area contributed by atoms with E-state index in [1.54, 1.807) is 6.08 Å². The van der Waals surface area contributed by atoms with E-state index in [1.165, 1.54) is 173 Å². The molecule has 0 bridgehead atoms. The van der Waals surface area contributed by atoms with Crippen LogP contribution in [0.1, 0.15) is 245 Å². The SMILES string of the molecule is CCC/C=C\C/C=C\CCCCCCCC(=O)NC(CO)C(O)/C=C/CC/C=C/CCCCCCCCCCCCCCCCCCCCCCCCC. The van der Waals surface area contributed by atoms with Crippen LogP contribution < -0.4 is 5.32 Å². The Morgan fingerprint density at radius 1 is 0.444 bits per heavy atom. The predicted octanol–water partition coefficient (Wildman–Crippen LogP) is 15.1. The van der Waals surface area contributed by atoms with Crippen LogP contribution >= 0.6 is 0 Å². The van der Waals surface area contributed by atoms with Crippen LogP contribution in [0, 0.1) is 0 Å². The van der Waals surface area contributed by atoms with Gasteiger partial charge in [-0.3, -0.25) is 4.79 Å². The van der Waals surface area contributed by atoms with Gasteiger partial charge in [0, 0.05) is 6.42 Å². The first-order valence-electron chi connectivity index (χ1n) is 23.9. The number of rotatable bonds is 43. The summed E-state index contributed by atoms with van der Waals surface area (Å²) in [4.78, 5) is 12.3. The van der Waals surface area contributed by atoms with Gasteiger partial charge in [0.2, 0.25) is 5.91 Å². The van der Waals surface area contributed by atoms with Crippen molar-refractivity contribution in [1.82, 2.24) is 5.32 Å². The van der Waals surface area contributed by atoms with E-state index >= 15 is 0 Å². The summed E-state index contributed by atoms with van der Waals surface area (Å²) in [6.45, 7) is 4.23. The van der Waals surface area contributed by atoms with Gasteiger partial charge in [0.15, 0.2) is 0 Å². The third-order valence-electron chi connectivity index (χ3n) is 10.8. The van der Waals surface area contributed by atoms with Crippen LogP contribution in [0.4, 0.5) is 0 Å². The zero-order valence-electron chi connectivity index (χ0n) is 36.2. The fourth-order valence-electron chi connectivity index (χ4n) is 7.12. The van der Waals surface area contributed by atoms with Gasteiger partial charge in [0.1, 0.15) is 0 Å². The van der Waals surface area contributed by atoms with E-state index in [1.807, 2.05) is 6.08 Å². The molecule has 2 atom stereocenters. The average molecular weight is 756 g/mol. The Kier molecular flexibility index (Phi) is 44.3. The number of unbranched alkanes of at least 4 members (excludes halogenated alkanes) is 30. The first kappa shape index (κ1) is 52.3. The molecule has 0 heterocycles. The van der Waals surface area contributed by atoms with Gasteiger partial charge in [-0.05, 0) is 57.8 Å². The molecule has 0 spiro atoms. The van der Waals surface area contributed by atoms with Crippen molar-refractivity contribution in [1.29, 1.82) is 0 Å². The Bertz CT molecular complexity index is 862. The number of carbonyl (C=O) groups excluding carboxylic acids is 1. The van der Waals surface area contributed by atoms with Gasteiger partial charge < -0.3 is 15.5 Å². The maximum atomic E-state index is 12.3. The van der Waals surface area contributed by atoms with Crippen molar-refractivity contribution in [2.24, 2.45) is 0 Å². The number of hydrogen-bond acceptors (Lipinski definition) is 3. The molecule has 0 aliphatic heterocycles. The van der Waals surface area contributed by atoms with E-state index in [9.17, 15) is 15.0 Å². The molecule has 0 aromatic rings. The zero-order chi connectivity index (χ0) is 39.3. The van der Waals surface area contributed by atoms with E-state index in [4.69, 9.17) is 0 Å². The van der Waals surface area contributed by atoms with Gasteiger partial charge in [0.05, 0.1) is 18.8 Å². The lowest BCUT2D eigenvalue weighted by molar-refractivity contribution is -0.123. The number of amides is 1. The zero-order valence-corrected chi connectivity index (χ0v) is 36.2. The highest BCUT2D eigenvalue weighted by Gasteiger charge is 2.17. The van der Waals surface area contributed by atoms with Crippen LogP contribution in [-0.4, -0.2) is 34.9 Å². The van der Waals surface area contributed by atoms with E-state index in [0.717, 1.165) is 51.4 Å². The standard InChI is InChI=1S/C50H93NO3/c1-3-5-7-9-11-13-15-17-18-19-20-21-22-23-24-25-26-27-28-29-30-31-32-34-35-37-39-41-43-45-49(53)48(47-52)51-50(54)46-44-42-40-38-36-33-16-14-12-10-8-6-4-2/h8,10,14,16,35,37,43,45,48-49,52-53H,3-7,9,11-13,15,17-34,36,38-42,44,46-47H2,1-2H3,(H,51,54)/b10-8-,16-14-,37-35+,45-43+. The second-order valence-electron chi connectivity index (χ2n) is 16.2. The normalized spacial score (nSPS) is 13.3. The molecule has 4 heteroatoms. The van der Waals surface area contributed by atoms with Crippen LogP contribution in [0.5, 0.6) is 0 Å². The van der Waals surface area contributed by atoms with Gasteiger partial charge >= 0.3 is 0 Å². The van der Waals surface area contributed by atoms with Crippen molar-refractivity contribution in [2.45, 2.75) is 257 Å². The number of aliphatic hydroxyl groups excluding tert-OH is 2. The van der Waals surface area contributed by atoms with Crippen LogP contribution in [0.25, 0.3) is 0 Å². The third kappa shape index (κ3) is 41.5. The molecule has 0 fully saturated rings. The Balaban J connectivity index is 3.53. The van der Waals surface area contributed by atoms with Crippen LogP contribution in [-0.2, 0) is 4.79 Å². The van der Waals surface area contributed by atoms with Crippen molar-refractivity contribution < 1.29 is 15.0 Å². The van der Waals surface area contributed by atoms with Crippen LogP contribution in [0.2, 0.25) is 0 Å². The van der Waals surface area contributed by atoms with Crippen LogP contribution in [0.15, 0.2) is 48.6 Å². The second kappa shape index (κ2) is 45.7. The lowest BCUT2D eigenvalue weighted by Gasteiger charge is -2.19. The smallest absolute Gasteiger partial charge is 0.220 e. The van der Waals surface area contributed by atoms with E-state index in [2.05, 4.69) is 55.6 Å². The Hall–Kier alpha value is -1.65. The minimum atomic E-state index is -0.868. The number of aliphatic hydroxyl groups is 2. The highest BCUT2D eigenvalue weighted by atomic mass is 16.3. The Morgan fingerprint density at radius 2 is 0.815 bits per heavy atom. The number of carbonyl (C=O) groups is 1. The van der Waals surface area contributed by atoms with E-state index < -0.39 is 12.1 Å². The summed E-state index contributed by atoms with van der Waals surface area (Å²) >= 11 is 0. The quantitative estimate of drug-likeness (QED) is 0.0429.